The standard InChI is InChI=1S/C17H28N4O4S/c1-6-21(11-16(22)18-13(2)3)12-17(23)19-14-8-7-9-15(10-14)26(24,25)20(4)5/h7-10,13H,6,11-12H2,1-5H3,(H,18,22)(H,19,23). The molecule has 26 heavy (non-hydrogen) atoms. The molecule has 0 aliphatic heterocycles. The normalized spacial score (nSPS) is 11.8. The summed E-state index contributed by atoms with van der Waals surface area (Å²) in [7, 11) is -0.679. The van der Waals surface area contributed by atoms with Crippen LogP contribution >= 0.6 is 0 Å². The number of nitrogens with one attached hydrogen (secondary N) is 2. The summed E-state index contributed by atoms with van der Waals surface area (Å²) in [5.41, 5.74) is 0.389. The van der Waals surface area contributed by atoms with Crippen LogP contribution < -0.4 is 10.6 Å². The Labute approximate surface area is 155 Å². The number of anilines is 1. The Bertz CT molecular complexity index is 732. The van der Waals surface area contributed by atoms with Crippen molar-refractivity contribution in [1.29, 1.82) is 0 Å². The van der Waals surface area contributed by atoms with Crippen molar-refractivity contribution in [3.63, 3.8) is 0 Å². The summed E-state index contributed by atoms with van der Waals surface area (Å²) >= 11 is 0. The van der Waals surface area contributed by atoms with E-state index in [1.165, 1.54) is 26.2 Å². The zero-order valence-electron chi connectivity index (χ0n) is 15.9. The minimum Gasteiger partial charge on any atom is -0.353 e. The second-order valence-corrected chi connectivity index (χ2v) is 8.54. The van der Waals surface area contributed by atoms with Crippen LogP contribution in [0.4, 0.5) is 5.69 Å². The Morgan fingerprint density at radius 1 is 1.12 bits per heavy atom. The number of rotatable bonds is 9. The number of carbonyl (C=O) groups excluding carboxylic acids is 2. The molecule has 9 heteroatoms. The Morgan fingerprint density at radius 2 is 1.73 bits per heavy atom. The van der Waals surface area contributed by atoms with E-state index in [0.717, 1.165) is 4.31 Å². The molecular weight excluding hydrogens is 356 g/mol. The molecule has 0 radical (unpaired) electrons. The zero-order valence-corrected chi connectivity index (χ0v) is 16.8. The molecule has 0 unspecified atom stereocenters. The van der Waals surface area contributed by atoms with Gasteiger partial charge >= 0.3 is 0 Å². The average Bonchev–Trinajstić information content (AvgIpc) is 2.53. The SMILES string of the molecule is CCN(CC(=O)Nc1cccc(S(=O)(=O)N(C)C)c1)CC(=O)NC(C)C. The summed E-state index contributed by atoms with van der Waals surface area (Å²) in [6.45, 7) is 6.29. The molecule has 0 saturated carbocycles. The van der Waals surface area contributed by atoms with Gasteiger partial charge in [-0.1, -0.05) is 13.0 Å². The lowest BCUT2D eigenvalue weighted by atomic mass is 10.3. The van der Waals surface area contributed by atoms with E-state index in [0.29, 0.717) is 12.2 Å². The molecule has 1 aromatic carbocycles. The first-order chi connectivity index (χ1) is 12.1. The lowest BCUT2D eigenvalue weighted by molar-refractivity contribution is -0.123. The smallest absolute Gasteiger partial charge is 0.242 e. The monoisotopic (exact) mass is 384 g/mol. The van der Waals surface area contributed by atoms with Crippen molar-refractivity contribution in [3.8, 4) is 0 Å². The van der Waals surface area contributed by atoms with E-state index < -0.39 is 10.0 Å². The first-order valence-electron chi connectivity index (χ1n) is 8.40. The second-order valence-electron chi connectivity index (χ2n) is 6.39. The van der Waals surface area contributed by atoms with Gasteiger partial charge in [-0.25, -0.2) is 12.7 Å². The third-order valence-corrected chi connectivity index (χ3v) is 5.34. The highest BCUT2D eigenvalue weighted by Crippen LogP contribution is 2.17. The van der Waals surface area contributed by atoms with E-state index in [-0.39, 0.29) is 35.8 Å². The Morgan fingerprint density at radius 3 is 2.27 bits per heavy atom. The van der Waals surface area contributed by atoms with Gasteiger partial charge in [0.15, 0.2) is 0 Å². The van der Waals surface area contributed by atoms with Gasteiger partial charge in [0.2, 0.25) is 21.8 Å². The number of benzene rings is 1. The van der Waals surface area contributed by atoms with Crippen LogP contribution in [0, 0.1) is 0 Å². The van der Waals surface area contributed by atoms with Crippen molar-refractivity contribution < 1.29 is 18.0 Å². The van der Waals surface area contributed by atoms with Gasteiger partial charge in [0.25, 0.3) is 0 Å². The highest BCUT2D eigenvalue weighted by Gasteiger charge is 2.18. The molecule has 0 atom stereocenters. The molecule has 146 valence electrons. The highest BCUT2D eigenvalue weighted by molar-refractivity contribution is 7.89. The maximum absolute atomic E-state index is 12.2. The van der Waals surface area contributed by atoms with E-state index in [1.807, 2.05) is 20.8 Å². The minimum absolute atomic E-state index is 0.0344. The highest BCUT2D eigenvalue weighted by atomic mass is 32.2. The van der Waals surface area contributed by atoms with Crippen LogP contribution in [0.1, 0.15) is 20.8 Å². The molecule has 2 amide bonds. The number of carbonyl (C=O) groups is 2. The van der Waals surface area contributed by atoms with Gasteiger partial charge in [-0.3, -0.25) is 14.5 Å². The fourth-order valence-electron chi connectivity index (χ4n) is 2.20. The van der Waals surface area contributed by atoms with E-state index in [1.54, 1.807) is 17.0 Å². The summed E-state index contributed by atoms with van der Waals surface area (Å²) in [6.07, 6.45) is 0. The number of likely N-dealkylation sites (N-methyl/N-ethyl adjacent to an activating group) is 1. The van der Waals surface area contributed by atoms with Crippen molar-refractivity contribution in [2.24, 2.45) is 0 Å². The molecule has 0 aliphatic rings. The maximum atomic E-state index is 12.2. The molecule has 0 saturated heterocycles. The van der Waals surface area contributed by atoms with Crippen LogP contribution in [0.3, 0.4) is 0 Å². The summed E-state index contributed by atoms with van der Waals surface area (Å²) in [6, 6.07) is 6.11. The van der Waals surface area contributed by atoms with Crippen molar-refractivity contribution in [2.75, 3.05) is 39.0 Å². The molecule has 1 aromatic rings. The van der Waals surface area contributed by atoms with Gasteiger partial charge in [-0.15, -0.1) is 0 Å². The Hall–Kier alpha value is -1.97. The predicted molar refractivity (Wildman–Crippen MR) is 101 cm³/mol. The lowest BCUT2D eigenvalue weighted by Gasteiger charge is -2.20. The topological polar surface area (TPSA) is 98.8 Å². The first-order valence-corrected chi connectivity index (χ1v) is 9.84. The van der Waals surface area contributed by atoms with Crippen molar-refractivity contribution >= 4 is 27.5 Å². The molecule has 8 nitrogen and oxygen atoms in total. The number of sulfonamides is 1. The zero-order chi connectivity index (χ0) is 19.9. The summed E-state index contributed by atoms with van der Waals surface area (Å²) in [4.78, 5) is 25.9. The summed E-state index contributed by atoms with van der Waals surface area (Å²) in [5.74, 6) is -0.461. The van der Waals surface area contributed by atoms with Gasteiger partial charge in [-0.2, -0.15) is 0 Å². The van der Waals surface area contributed by atoms with Crippen molar-refractivity contribution in [3.05, 3.63) is 24.3 Å². The molecule has 0 spiro atoms. The quantitative estimate of drug-likeness (QED) is 0.654. The summed E-state index contributed by atoms with van der Waals surface area (Å²) < 4.78 is 25.4. The van der Waals surface area contributed by atoms with Gasteiger partial charge in [-0.05, 0) is 38.6 Å². The van der Waals surface area contributed by atoms with E-state index in [2.05, 4.69) is 10.6 Å². The molecule has 2 N–H and O–H groups in total. The lowest BCUT2D eigenvalue weighted by Crippen LogP contribution is -2.42. The predicted octanol–water partition coefficient (Wildman–Crippen LogP) is 0.722. The molecule has 0 aromatic heterocycles. The van der Waals surface area contributed by atoms with Crippen LogP contribution in [0.2, 0.25) is 0 Å². The van der Waals surface area contributed by atoms with Crippen LogP contribution in [0.15, 0.2) is 29.2 Å². The van der Waals surface area contributed by atoms with Crippen LogP contribution in [0.25, 0.3) is 0 Å². The molecule has 0 heterocycles. The third kappa shape index (κ3) is 6.74. The fraction of sp³-hybridized carbons (Fsp3) is 0.529. The van der Waals surface area contributed by atoms with Gasteiger partial charge in [0, 0.05) is 25.8 Å². The molecule has 0 aliphatic carbocycles. The van der Waals surface area contributed by atoms with Crippen LogP contribution in [0.5, 0.6) is 0 Å². The van der Waals surface area contributed by atoms with E-state index in [4.69, 9.17) is 0 Å². The average molecular weight is 385 g/mol. The molecule has 0 bridgehead atoms. The summed E-state index contributed by atoms with van der Waals surface area (Å²) in [5, 5.41) is 5.46. The van der Waals surface area contributed by atoms with Gasteiger partial charge in [0.05, 0.1) is 18.0 Å². The molecule has 0 fully saturated rings. The van der Waals surface area contributed by atoms with E-state index >= 15 is 0 Å². The molecule has 1 rings (SSSR count). The molecular formula is C17H28N4O4S. The fourth-order valence-corrected chi connectivity index (χ4v) is 3.15. The van der Waals surface area contributed by atoms with Gasteiger partial charge in [0.1, 0.15) is 0 Å². The maximum Gasteiger partial charge on any atom is 0.242 e. The number of nitrogens with zero attached hydrogens (tertiary/aromatic N) is 2. The van der Waals surface area contributed by atoms with Crippen LogP contribution in [-0.2, 0) is 19.6 Å². The number of hydrogen-bond donors (Lipinski definition) is 2. The number of hydrogen-bond acceptors (Lipinski definition) is 5. The van der Waals surface area contributed by atoms with Crippen LogP contribution in [-0.4, -0.2) is 69.2 Å². The van der Waals surface area contributed by atoms with Gasteiger partial charge < -0.3 is 10.6 Å². The Kier molecular flexibility index (Phi) is 8.19. The second kappa shape index (κ2) is 9.65. The van der Waals surface area contributed by atoms with Crippen molar-refractivity contribution in [1.82, 2.24) is 14.5 Å². The number of amides is 2. The Balaban J connectivity index is 2.74. The van der Waals surface area contributed by atoms with E-state index in [9.17, 15) is 18.0 Å². The minimum atomic E-state index is -3.57. The third-order valence-electron chi connectivity index (χ3n) is 3.53. The first kappa shape index (κ1) is 22.1. The largest absolute Gasteiger partial charge is 0.353 e. The van der Waals surface area contributed by atoms with Crippen molar-refractivity contribution in [2.45, 2.75) is 31.7 Å².